The summed E-state index contributed by atoms with van der Waals surface area (Å²) in [4.78, 5) is 14.4. The number of ether oxygens (including phenoxy) is 1. The molecule has 2 heterocycles. The quantitative estimate of drug-likeness (QED) is 0.688. The lowest BCUT2D eigenvalue weighted by Crippen LogP contribution is -2.11. The van der Waals surface area contributed by atoms with Crippen molar-refractivity contribution in [1.29, 1.82) is 0 Å². The van der Waals surface area contributed by atoms with Crippen LogP contribution in [0, 0.1) is 0 Å². The first-order chi connectivity index (χ1) is 6.90. The minimum Gasteiger partial charge on any atom is -0.446 e. The fourth-order valence-corrected chi connectivity index (χ4v) is 1.59. The first-order valence-electron chi connectivity index (χ1n) is 4.89. The molecule has 0 N–H and O–H groups in total. The third kappa shape index (κ3) is 2.01. The third-order valence-corrected chi connectivity index (χ3v) is 2.32. The molecule has 1 aliphatic rings. The summed E-state index contributed by atoms with van der Waals surface area (Å²) in [5.41, 5.74) is 0.684. The Morgan fingerprint density at radius 2 is 2.50 bits per heavy atom. The summed E-state index contributed by atoms with van der Waals surface area (Å²) < 4.78 is 10.8. The maximum absolute atomic E-state index is 10.2. The van der Waals surface area contributed by atoms with E-state index in [-0.39, 0.29) is 6.10 Å². The summed E-state index contributed by atoms with van der Waals surface area (Å²) in [7, 11) is 0. The minimum atomic E-state index is -0.0100. The monoisotopic (exact) mass is 195 g/mol. The molecular formula is C10H13NO3. The van der Waals surface area contributed by atoms with Crippen molar-refractivity contribution in [2.45, 2.75) is 31.8 Å². The summed E-state index contributed by atoms with van der Waals surface area (Å²) >= 11 is 0. The van der Waals surface area contributed by atoms with Crippen LogP contribution < -0.4 is 0 Å². The molecule has 1 aromatic heterocycles. The Morgan fingerprint density at radius 3 is 3.21 bits per heavy atom. The maximum atomic E-state index is 10.2. The topological polar surface area (TPSA) is 52.3 Å². The van der Waals surface area contributed by atoms with Crippen LogP contribution >= 0.6 is 0 Å². The number of aldehydes is 1. The van der Waals surface area contributed by atoms with Gasteiger partial charge in [0, 0.05) is 13.0 Å². The maximum Gasteiger partial charge on any atom is 0.223 e. The van der Waals surface area contributed by atoms with E-state index in [1.807, 2.05) is 0 Å². The first kappa shape index (κ1) is 9.40. The SMILES string of the molecule is O=CCc1coc(C2CCCCO2)n1. The van der Waals surface area contributed by atoms with Gasteiger partial charge in [-0.2, -0.15) is 0 Å². The van der Waals surface area contributed by atoms with Crippen molar-refractivity contribution < 1.29 is 13.9 Å². The van der Waals surface area contributed by atoms with Crippen molar-refractivity contribution in [3.8, 4) is 0 Å². The van der Waals surface area contributed by atoms with E-state index in [1.54, 1.807) is 0 Å². The average molecular weight is 195 g/mol. The van der Waals surface area contributed by atoms with Gasteiger partial charge in [-0.3, -0.25) is 0 Å². The van der Waals surface area contributed by atoms with Crippen LogP contribution in [0.25, 0.3) is 0 Å². The molecule has 2 rings (SSSR count). The van der Waals surface area contributed by atoms with E-state index in [9.17, 15) is 4.79 Å². The number of aromatic nitrogens is 1. The Kier molecular flexibility index (Phi) is 2.93. The van der Waals surface area contributed by atoms with Crippen LogP contribution in [0.2, 0.25) is 0 Å². The van der Waals surface area contributed by atoms with E-state index in [0.29, 0.717) is 18.0 Å². The molecule has 0 radical (unpaired) electrons. The highest BCUT2D eigenvalue weighted by Gasteiger charge is 2.20. The van der Waals surface area contributed by atoms with Crippen molar-refractivity contribution >= 4 is 6.29 Å². The lowest BCUT2D eigenvalue weighted by molar-refractivity contribution is -0.107. The molecule has 1 aliphatic heterocycles. The van der Waals surface area contributed by atoms with Gasteiger partial charge in [-0.25, -0.2) is 4.98 Å². The number of hydrogen-bond acceptors (Lipinski definition) is 4. The van der Waals surface area contributed by atoms with Gasteiger partial charge in [0.25, 0.3) is 0 Å². The standard InChI is InChI=1S/C10H13NO3/c12-5-4-8-7-14-10(11-8)9-3-1-2-6-13-9/h5,7,9H,1-4,6H2. The van der Waals surface area contributed by atoms with Crippen LogP contribution in [0.1, 0.15) is 37.0 Å². The Morgan fingerprint density at radius 1 is 1.57 bits per heavy atom. The molecule has 0 spiro atoms. The lowest BCUT2D eigenvalue weighted by atomic mass is 10.1. The molecule has 1 fully saturated rings. The zero-order valence-corrected chi connectivity index (χ0v) is 7.94. The Bertz CT molecular complexity index is 302. The Hall–Kier alpha value is -1.16. The number of rotatable bonds is 3. The van der Waals surface area contributed by atoms with Gasteiger partial charge in [0.1, 0.15) is 18.7 Å². The van der Waals surface area contributed by atoms with Crippen molar-refractivity contribution in [3.63, 3.8) is 0 Å². The molecule has 0 aliphatic carbocycles. The summed E-state index contributed by atoms with van der Waals surface area (Å²) in [5, 5.41) is 0. The normalized spacial score (nSPS) is 22.1. The smallest absolute Gasteiger partial charge is 0.223 e. The molecule has 4 heteroatoms. The number of hydrogen-bond donors (Lipinski definition) is 0. The number of carbonyl (C=O) groups excluding carboxylic acids is 1. The summed E-state index contributed by atoms with van der Waals surface area (Å²) in [6.45, 7) is 0.774. The molecule has 1 atom stereocenters. The lowest BCUT2D eigenvalue weighted by Gasteiger charge is -2.19. The highest BCUT2D eigenvalue weighted by molar-refractivity contribution is 5.53. The summed E-state index contributed by atoms with van der Waals surface area (Å²) in [6.07, 6.45) is 5.88. The largest absolute Gasteiger partial charge is 0.446 e. The Labute approximate surface area is 82.3 Å². The molecule has 4 nitrogen and oxygen atoms in total. The molecule has 0 saturated carbocycles. The Balaban J connectivity index is 2.03. The van der Waals surface area contributed by atoms with Gasteiger partial charge in [0.2, 0.25) is 5.89 Å². The van der Waals surface area contributed by atoms with Crippen LogP contribution in [0.3, 0.4) is 0 Å². The second kappa shape index (κ2) is 4.37. The van der Waals surface area contributed by atoms with Crippen LogP contribution in [-0.4, -0.2) is 17.9 Å². The highest BCUT2D eigenvalue weighted by Crippen LogP contribution is 2.26. The predicted molar refractivity (Wildman–Crippen MR) is 48.8 cm³/mol. The number of nitrogens with zero attached hydrogens (tertiary/aromatic N) is 1. The van der Waals surface area contributed by atoms with Gasteiger partial charge in [0.15, 0.2) is 0 Å². The minimum absolute atomic E-state index is 0.0100. The van der Waals surface area contributed by atoms with Gasteiger partial charge in [-0.15, -0.1) is 0 Å². The first-order valence-corrected chi connectivity index (χ1v) is 4.89. The highest BCUT2D eigenvalue weighted by atomic mass is 16.5. The molecule has 14 heavy (non-hydrogen) atoms. The average Bonchev–Trinajstić information content (AvgIpc) is 2.68. The van der Waals surface area contributed by atoms with E-state index in [4.69, 9.17) is 9.15 Å². The summed E-state index contributed by atoms with van der Waals surface area (Å²) in [6, 6.07) is 0. The number of carbonyl (C=O) groups is 1. The van der Waals surface area contributed by atoms with Crippen LogP contribution in [-0.2, 0) is 16.0 Å². The van der Waals surface area contributed by atoms with E-state index in [1.165, 1.54) is 6.26 Å². The van der Waals surface area contributed by atoms with E-state index >= 15 is 0 Å². The molecular weight excluding hydrogens is 182 g/mol. The second-order valence-corrected chi connectivity index (χ2v) is 3.40. The van der Waals surface area contributed by atoms with E-state index in [0.717, 1.165) is 32.2 Å². The van der Waals surface area contributed by atoms with Crippen molar-refractivity contribution in [3.05, 3.63) is 17.8 Å². The fourth-order valence-electron chi connectivity index (χ4n) is 1.59. The van der Waals surface area contributed by atoms with Crippen molar-refractivity contribution in [2.24, 2.45) is 0 Å². The van der Waals surface area contributed by atoms with Gasteiger partial charge in [0.05, 0.1) is 5.69 Å². The molecule has 0 bridgehead atoms. The van der Waals surface area contributed by atoms with Crippen LogP contribution in [0.15, 0.2) is 10.7 Å². The van der Waals surface area contributed by atoms with E-state index < -0.39 is 0 Å². The third-order valence-electron chi connectivity index (χ3n) is 2.32. The number of oxazole rings is 1. The molecule has 1 unspecified atom stereocenters. The molecule has 1 aromatic rings. The van der Waals surface area contributed by atoms with Gasteiger partial charge < -0.3 is 13.9 Å². The van der Waals surface area contributed by atoms with Gasteiger partial charge >= 0.3 is 0 Å². The predicted octanol–water partition coefficient (Wildman–Crippen LogP) is 1.66. The molecule has 0 aromatic carbocycles. The van der Waals surface area contributed by atoms with Crippen molar-refractivity contribution in [1.82, 2.24) is 4.98 Å². The molecule has 1 saturated heterocycles. The second-order valence-electron chi connectivity index (χ2n) is 3.40. The van der Waals surface area contributed by atoms with Crippen molar-refractivity contribution in [2.75, 3.05) is 6.61 Å². The van der Waals surface area contributed by atoms with Gasteiger partial charge in [-0.1, -0.05) is 0 Å². The van der Waals surface area contributed by atoms with Gasteiger partial charge in [-0.05, 0) is 19.3 Å². The van der Waals surface area contributed by atoms with Crippen LogP contribution in [0.5, 0.6) is 0 Å². The van der Waals surface area contributed by atoms with Crippen LogP contribution in [0.4, 0.5) is 0 Å². The zero-order valence-electron chi connectivity index (χ0n) is 7.94. The summed E-state index contributed by atoms with van der Waals surface area (Å²) in [5.74, 6) is 0.613. The zero-order chi connectivity index (χ0) is 9.80. The molecule has 76 valence electrons. The molecule has 0 amide bonds. The van der Waals surface area contributed by atoms with E-state index in [2.05, 4.69) is 4.98 Å². The fraction of sp³-hybridized carbons (Fsp3) is 0.600.